The Morgan fingerprint density at radius 2 is 1.97 bits per heavy atom. The van der Waals surface area contributed by atoms with E-state index in [-0.39, 0.29) is 23.4 Å². The van der Waals surface area contributed by atoms with E-state index in [1.165, 1.54) is 35.2 Å². The summed E-state index contributed by atoms with van der Waals surface area (Å²) in [5.41, 5.74) is 5.81. The zero-order valence-electron chi connectivity index (χ0n) is 19.5. The van der Waals surface area contributed by atoms with Crippen molar-refractivity contribution in [3.8, 4) is 0 Å². The lowest BCUT2D eigenvalue weighted by molar-refractivity contribution is -0.146. The van der Waals surface area contributed by atoms with Gasteiger partial charge in [0.05, 0.1) is 5.92 Å². The van der Waals surface area contributed by atoms with Crippen LogP contribution >= 0.6 is 0 Å². The Labute approximate surface area is 187 Å². The molecule has 4 heteroatoms. The number of nitrogens with zero attached hydrogens (tertiary/aromatic N) is 2. The van der Waals surface area contributed by atoms with Gasteiger partial charge in [0.1, 0.15) is 6.10 Å². The Hall–Kier alpha value is -1.81. The number of carbonyl (C=O) groups excluding carboxylic acids is 1. The number of rotatable bonds is 3. The fourth-order valence-corrected chi connectivity index (χ4v) is 6.99. The third kappa shape index (κ3) is 3.71. The number of esters is 1. The standard InChI is InChI=1S/C27H38N2O2/c1-18-7-5-9-24(20(18)3)29-13-11-28(12-14-29)17-22-21-15-23-19(2)8-6-10-27(23,4)16-25(21)31-26(22)30/h5,7,9,21-23,25H,2,6,8,10-17H2,1,3-4H3/t21-,22-,23+,25-,27-/m1/s1. The summed E-state index contributed by atoms with van der Waals surface area (Å²) in [5, 5.41) is 0. The van der Waals surface area contributed by atoms with Gasteiger partial charge in [-0.05, 0) is 74.5 Å². The monoisotopic (exact) mass is 422 g/mol. The fourth-order valence-electron chi connectivity index (χ4n) is 6.99. The van der Waals surface area contributed by atoms with E-state index in [1.54, 1.807) is 0 Å². The Morgan fingerprint density at radius 3 is 2.74 bits per heavy atom. The second-order valence-corrected chi connectivity index (χ2v) is 10.9. The Balaban J connectivity index is 1.23. The summed E-state index contributed by atoms with van der Waals surface area (Å²) in [5.74, 6) is 1.04. The van der Waals surface area contributed by atoms with E-state index in [2.05, 4.69) is 55.3 Å². The average molecular weight is 423 g/mol. The average Bonchev–Trinajstić information content (AvgIpc) is 3.03. The van der Waals surface area contributed by atoms with E-state index < -0.39 is 0 Å². The van der Waals surface area contributed by atoms with Gasteiger partial charge in [0, 0.05) is 44.3 Å². The minimum Gasteiger partial charge on any atom is -0.462 e. The predicted molar refractivity (Wildman–Crippen MR) is 125 cm³/mol. The van der Waals surface area contributed by atoms with Crippen LogP contribution in [0.4, 0.5) is 5.69 Å². The molecule has 0 bridgehead atoms. The summed E-state index contributed by atoms with van der Waals surface area (Å²) < 4.78 is 5.98. The molecular weight excluding hydrogens is 384 g/mol. The molecule has 2 saturated carbocycles. The maximum atomic E-state index is 12.9. The number of piperazine rings is 1. The number of benzene rings is 1. The summed E-state index contributed by atoms with van der Waals surface area (Å²) in [7, 11) is 0. The van der Waals surface area contributed by atoms with E-state index in [4.69, 9.17) is 4.74 Å². The van der Waals surface area contributed by atoms with Gasteiger partial charge in [-0.2, -0.15) is 0 Å². The van der Waals surface area contributed by atoms with Gasteiger partial charge in [0.15, 0.2) is 0 Å². The number of fused-ring (bicyclic) bond motifs is 2. The van der Waals surface area contributed by atoms with Gasteiger partial charge in [0.2, 0.25) is 0 Å². The number of aryl methyl sites for hydroxylation is 1. The van der Waals surface area contributed by atoms with Crippen LogP contribution in [0.3, 0.4) is 0 Å². The number of hydrogen-bond acceptors (Lipinski definition) is 4. The highest BCUT2D eigenvalue weighted by Gasteiger charge is 2.55. The van der Waals surface area contributed by atoms with Crippen molar-refractivity contribution < 1.29 is 9.53 Å². The Morgan fingerprint density at radius 1 is 1.19 bits per heavy atom. The van der Waals surface area contributed by atoms with Crippen LogP contribution in [0.5, 0.6) is 0 Å². The molecule has 0 radical (unpaired) electrons. The summed E-state index contributed by atoms with van der Waals surface area (Å²) in [6.45, 7) is 16.2. The van der Waals surface area contributed by atoms with E-state index in [0.29, 0.717) is 11.8 Å². The summed E-state index contributed by atoms with van der Waals surface area (Å²) >= 11 is 0. The highest BCUT2D eigenvalue weighted by Crippen LogP contribution is 2.56. The van der Waals surface area contributed by atoms with Gasteiger partial charge in [-0.1, -0.05) is 31.2 Å². The predicted octanol–water partition coefficient (Wildman–Crippen LogP) is 4.74. The number of ether oxygens (including phenoxy) is 1. The molecule has 0 unspecified atom stereocenters. The molecule has 4 aliphatic rings. The molecule has 1 aromatic rings. The van der Waals surface area contributed by atoms with Crippen LogP contribution < -0.4 is 4.90 Å². The molecule has 2 saturated heterocycles. The Kier molecular flexibility index (Phi) is 5.40. The molecule has 0 spiro atoms. The molecule has 168 valence electrons. The van der Waals surface area contributed by atoms with Gasteiger partial charge < -0.3 is 9.64 Å². The number of allylic oxidation sites excluding steroid dienone is 1. The van der Waals surface area contributed by atoms with Gasteiger partial charge >= 0.3 is 5.97 Å². The SMILES string of the molecule is C=C1CCC[C@]2(C)C[C@H]3OC(=O)[C@H](CN4CCN(c5cccc(C)c5C)CC4)[C@H]3C[C@@H]12. The van der Waals surface area contributed by atoms with Gasteiger partial charge in [-0.15, -0.1) is 0 Å². The van der Waals surface area contributed by atoms with E-state index in [0.717, 1.165) is 52.0 Å². The molecule has 0 aromatic heterocycles. The molecular formula is C27H38N2O2. The first-order valence-electron chi connectivity index (χ1n) is 12.3. The number of carbonyl (C=O) groups is 1. The quantitative estimate of drug-likeness (QED) is 0.520. The van der Waals surface area contributed by atoms with Gasteiger partial charge in [0.25, 0.3) is 0 Å². The molecule has 1 aromatic carbocycles. The summed E-state index contributed by atoms with van der Waals surface area (Å²) in [6, 6.07) is 6.59. The molecule has 0 N–H and O–H groups in total. The van der Waals surface area contributed by atoms with Gasteiger partial charge in [-0.25, -0.2) is 0 Å². The van der Waals surface area contributed by atoms with E-state index >= 15 is 0 Å². The zero-order valence-corrected chi connectivity index (χ0v) is 19.5. The van der Waals surface area contributed by atoms with Crippen molar-refractivity contribution in [3.05, 3.63) is 41.5 Å². The lowest BCUT2D eigenvalue weighted by atomic mass is 9.55. The van der Waals surface area contributed by atoms with Crippen molar-refractivity contribution >= 4 is 11.7 Å². The first kappa shape index (κ1) is 21.1. The van der Waals surface area contributed by atoms with Crippen molar-refractivity contribution in [2.24, 2.45) is 23.2 Å². The molecule has 2 heterocycles. The van der Waals surface area contributed by atoms with Crippen molar-refractivity contribution in [2.75, 3.05) is 37.6 Å². The molecule has 5 atom stereocenters. The third-order valence-corrected chi connectivity index (χ3v) is 9.06. The zero-order chi connectivity index (χ0) is 21.8. The van der Waals surface area contributed by atoms with Crippen LogP contribution in [0.1, 0.15) is 50.2 Å². The normalized spacial score (nSPS) is 36.2. The highest BCUT2D eigenvalue weighted by atomic mass is 16.6. The minimum atomic E-state index is 0.0385. The number of anilines is 1. The van der Waals surface area contributed by atoms with E-state index in [1.807, 2.05) is 0 Å². The molecule has 0 amide bonds. The molecule has 5 rings (SSSR count). The highest BCUT2D eigenvalue weighted by molar-refractivity contribution is 5.75. The lowest BCUT2D eigenvalue weighted by Gasteiger charge is -2.50. The molecule has 4 fully saturated rings. The fraction of sp³-hybridized carbons (Fsp3) is 0.667. The maximum absolute atomic E-state index is 12.9. The number of hydrogen-bond donors (Lipinski definition) is 0. The summed E-state index contributed by atoms with van der Waals surface area (Å²) in [4.78, 5) is 17.9. The third-order valence-electron chi connectivity index (χ3n) is 9.06. The summed E-state index contributed by atoms with van der Waals surface area (Å²) in [6.07, 6.45) is 5.91. The van der Waals surface area contributed by atoms with E-state index in [9.17, 15) is 4.79 Å². The van der Waals surface area contributed by atoms with Crippen LogP contribution in [-0.4, -0.2) is 49.7 Å². The van der Waals surface area contributed by atoms with Crippen molar-refractivity contribution in [1.29, 1.82) is 0 Å². The van der Waals surface area contributed by atoms with Crippen molar-refractivity contribution in [3.63, 3.8) is 0 Å². The van der Waals surface area contributed by atoms with Crippen LogP contribution in [0.2, 0.25) is 0 Å². The van der Waals surface area contributed by atoms with Crippen molar-refractivity contribution in [1.82, 2.24) is 4.90 Å². The minimum absolute atomic E-state index is 0.0385. The smallest absolute Gasteiger partial charge is 0.310 e. The lowest BCUT2D eigenvalue weighted by Crippen LogP contribution is -2.50. The van der Waals surface area contributed by atoms with Crippen LogP contribution in [-0.2, 0) is 9.53 Å². The van der Waals surface area contributed by atoms with Gasteiger partial charge in [-0.3, -0.25) is 9.69 Å². The van der Waals surface area contributed by atoms with Crippen LogP contribution in [0, 0.1) is 37.0 Å². The molecule has 2 aliphatic heterocycles. The van der Waals surface area contributed by atoms with Crippen LogP contribution in [0.15, 0.2) is 30.4 Å². The Bertz CT molecular complexity index is 872. The first-order chi connectivity index (χ1) is 14.9. The second-order valence-electron chi connectivity index (χ2n) is 10.9. The largest absolute Gasteiger partial charge is 0.462 e. The molecule has 31 heavy (non-hydrogen) atoms. The van der Waals surface area contributed by atoms with Crippen molar-refractivity contribution in [2.45, 2.75) is 59.0 Å². The second kappa shape index (κ2) is 7.95. The van der Waals surface area contributed by atoms with Crippen LogP contribution in [0.25, 0.3) is 0 Å². The topological polar surface area (TPSA) is 32.8 Å². The maximum Gasteiger partial charge on any atom is 0.310 e. The first-order valence-corrected chi connectivity index (χ1v) is 12.3. The molecule has 2 aliphatic carbocycles. The molecule has 4 nitrogen and oxygen atoms in total.